The van der Waals surface area contributed by atoms with Crippen molar-refractivity contribution in [3.05, 3.63) is 63.2 Å². The van der Waals surface area contributed by atoms with E-state index < -0.39 is 0 Å². The Morgan fingerprint density at radius 1 is 1.04 bits per heavy atom. The average Bonchev–Trinajstić information content (AvgIpc) is 3.07. The highest BCUT2D eigenvalue weighted by atomic mass is 127. The van der Waals surface area contributed by atoms with Gasteiger partial charge in [0, 0.05) is 15.3 Å². The third-order valence-electron chi connectivity index (χ3n) is 5.15. The minimum Gasteiger partial charge on any atom is -0.325 e. The maximum atomic E-state index is 12.5. The number of carbonyl (C=O) groups is 1. The number of amides is 1. The van der Waals surface area contributed by atoms with E-state index in [0.717, 1.165) is 5.69 Å². The predicted molar refractivity (Wildman–Crippen MR) is 105 cm³/mol. The lowest BCUT2D eigenvalue weighted by Gasteiger charge is -2.35. The van der Waals surface area contributed by atoms with Crippen molar-refractivity contribution in [2.24, 2.45) is 0 Å². The fourth-order valence-corrected chi connectivity index (χ4v) is 4.60. The van der Waals surface area contributed by atoms with Gasteiger partial charge in [0.05, 0.1) is 12.6 Å². The number of anilines is 1. The van der Waals surface area contributed by atoms with Gasteiger partial charge in [-0.3, -0.25) is 9.69 Å². The Bertz CT molecular complexity index is 741. The first-order valence-electron chi connectivity index (χ1n) is 8.62. The Morgan fingerprint density at radius 3 is 2.54 bits per heavy atom. The number of halogens is 1. The van der Waals surface area contributed by atoms with Crippen molar-refractivity contribution in [3.63, 3.8) is 0 Å². The van der Waals surface area contributed by atoms with Crippen LogP contribution in [0.25, 0.3) is 0 Å². The molecule has 0 bridgehead atoms. The zero-order valence-corrected chi connectivity index (χ0v) is 15.7. The summed E-state index contributed by atoms with van der Waals surface area (Å²) in [6.07, 6.45) is 4.92. The molecule has 1 unspecified atom stereocenters. The van der Waals surface area contributed by atoms with Crippen LogP contribution in [0.15, 0.2) is 48.5 Å². The third kappa shape index (κ3) is 3.09. The number of benzene rings is 2. The van der Waals surface area contributed by atoms with E-state index >= 15 is 0 Å². The van der Waals surface area contributed by atoms with Gasteiger partial charge < -0.3 is 5.32 Å². The molecule has 0 aromatic heterocycles. The molecule has 1 aliphatic carbocycles. The van der Waals surface area contributed by atoms with E-state index in [1.54, 1.807) is 0 Å². The van der Waals surface area contributed by atoms with Gasteiger partial charge in [-0.2, -0.15) is 0 Å². The molecule has 124 valence electrons. The average molecular weight is 432 g/mol. The Morgan fingerprint density at radius 2 is 1.79 bits per heavy atom. The summed E-state index contributed by atoms with van der Waals surface area (Å²) in [6.45, 7) is 0.468. The number of nitrogens with zero attached hydrogens (tertiary/aromatic N) is 1. The maximum Gasteiger partial charge on any atom is 0.238 e. The van der Waals surface area contributed by atoms with E-state index in [1.807, 2.05) is 6.07 Å². The molecule has 1 aliphatic heterocycles. The SMILES string of the molecule is O=C1CN(C2CCCC2)C(c2ccccc2)c2cc(I)ccc2N1. The zero-order chi connectivity index (χ0) is 16.5. The molecular formula is C20H21IN2O. The third-order valence-corrected chi connectivity index (χ3v) is 5.82. The molecule has 2 aromatic rings. The molecule has 0 radical (unpaired) electrons. The van der Waals surface area contributed by atoms with Crippen molar-refractivity contribution < 1.29 is 4.79 Å². The Labute approximate surface area is 156 Å². The highest BCUT2D eigenvalue weighted by Crippen LogP contribution is 2.40. The first kappa shape index (κ1) is 16.1. The van der Waals surface area contributed by atoms with Gasteiger partial charge in [0.1, 0.15) is 0 Å². The molecular weight excluding hydrogens is 411 g/mol. The summed E-state index contributed by atoms with van der Waals surface area (Å²) in [6, 6.07) is 17.6. The first-order chi connectivity index (χ1) is 11.7. The second-order valence-corrected chi connectivity index (χ2v) is 7.95. The Kier molecular flexibility index (Phi) is 4.59. The summed E-state index contributed by atoms with van der Waals surface area (Å²) in [5.74, 6) is 0.0998. The van der Waals surface area contributed by atoms with Gasteiger partial charge in [-0.1, -0.05) is 43.2 Å². The standard InChI is InChI=1S/C20H21IN2O/c21-15-10-11-18-17(12-15)20(14-6-2-1-3-7-14)23(13-19(24)22-18)16-8-4-5-9-16/h1-3,6-7,10-12,16,20H,4-5,8-9,13H2,(H,22,24). The summed E-state index contributed by atoms with van der Waals surface area (Å²) in [4.78, 5) is 15.0. The van der Waals surface area contributed by atoms with Gasteiger partial charge in [-0.15, -0.1) is 0 Å². The van der Waals surface area contributed by atoms with Gasteiger partial charge in [-0.05, 0) is 64.8 Å². The van der Waals surface area contributed by atoms with Crippen LogP contribution in [0.4, 0.5) is 5.69 Å². The number of rotatable bonds is 2. The van der Waals surface area contributed by atoms with Crippen LogP contribution in [-0.4, -0.2) is 23.4 Å². The van der Waals surface area contributed by atoms with Crippen LogP contribution in [0.3, 0.4) is 0 Å². The quantitative estimate of drug-likeness (QED) is 0.705. The molecule has 1 heterocycles. The summed E-state index contributed by atoms with van der Waals surface area (Å²) in [5.41, 5.74) is 3.43. The fraction of sp³-hybridized carbons (Fsp3) is 0.350. The van der Waals surface area contributed by atoms with E-state index in [-0.39, 0.29) is 11.9 Å². The van der Waals surface area contributed by atoms with Crippen molar-refractivity contribution in [2.75, 3.05) is 11.9 Å². The van der Waals surface area contributed by atoms with Crippen LogP contribution in [0, 0.1) is 3.57 Å². The van der Waals surface area contributed by atoms with Gasteiger partial charge in [0.15, 0.2) is 0 Å². The maximum absolute atomic E-state index is 12.5. The lowest BCUT2D eigenvalue weighted by Crippen LogP contribution is -2.40. The minimum absolute atomic E-state index is 0.0998. The van der Waals surface area contributed by atoms with E-state index in [4.69, 9.17) is 0 Å². The van der Waals surface area contributed by atoms with Crippen molar-refractivity contribution in [3.8, 4) is 0 Å². The van der Waals surface area contributed by atoms with Gasteiger partial charge in [0.2, 0.25) is 5.91 Å². The van der Waals surface area contributed by atoms with Gasteiger partial charge in [0.25, 0.3) is 0 Å². The molecule has 2 aliphatic rings. The second-order valence-electron chi connectivity index (χ2n) is 6.70. The topological polar surface area (TPSA) is 32.3 Å². The number of carbonyl (C=O) groups excluding carboxylic acids is 1. The second kappa shape index (κ2) is 6.84. The molecule has 0 saturated heterocycles. The highest BCUT2D eigenvalue weighted by Gasteiger charge is 2.35. The lowest BCUT2D eigenvalue weighted by atomic mass is 9.94. The molecule has 4 heteroatoms. The molecule has 1 fully saturated rings. The number of hydrogen-bond acceptors (Lipinski definition) is 2. The molecule has 2 aromatic carbocycles. The Balaban J connectivity index is 1.87. The molecule has 3 nitrogen and oxygen atoms in total. The number of nitrogens with one attached hydrogen (secondary N) is 1. The molecule has 0 spiro atoms. The zero-order valence-electron chi connectivity index (χ0n) is 13.5. The fourth-order valence-electron chi connectivity index (χ4n) is 4.08. The van der Waals surface area contributed by atoms with Crippen molar-refractivity contribution in [1.82, 2.24) is 4.90 Å². The molecule has 1 N–H and O–H groups in total. The lowest BCUT2D eigenvalue weighted by molar-refractivity contribution is -0.118. The smallest absolute Gasteiger partial charge is 0.238 e. The van der Waals surface area contributed by atoms with E-state index in [2.05, 4.69) is 75.3 Å². The normalized spacial score (nSPS) is 22.0. The van der Waals surface area contributed by atoms with Crippen molar-refractivity contribution in [1.29, 1.82) is 0 Å². The molecule has 4 rings (SSSR count). The molecule has 1 atom stereocenters. The summed E-state index contributed by atoms with van der Waals surface area (Å²) >= 11 is 2.36. The van der Waals surface area contributed by atoms with Crippen LogP contribution >= 0.6 is 22.6 Å². The van der Waals surface area contributed by atoms with Crippen LogP contribution in [-0.2, 0) is 4.79 Å². The molecule has 24 heavy (non-hydrogen) atoms. The summed E-state index contributed by atoms with van der Waals surface area (Å²) in [7, 11) is 0. The largest absolute Gasteiger partial charge is 0.325 e. The molecule has 1 amide bonds. The van der Waals surface area contributed by atoms with Crippen LogP contribution < -0.4 is 5.32 Å². The first-order valence-corrected chi connectivity index (χ1v) is 9.70. The van der Waals surface area contributed by atoms with E-state index in [9.17, 15) is 4.79 Å². The number of fused-ring (bicyclic) bond motifs is 1. The number of hydrogen-bond donors (Lipinski definition) is 1. The van der Waals surface area contributed by atoms with Crippen molar-refractivity contribution >= 4 is 34.2 Å². The van der Waals surface area contributed by atoms with Crippen LogP contribution in [0.1, 0.15) is 42.9 Å². The molecule has 1 saturated carbocycles. The van der Waals surface area contributed by atoms with E-state index in [0.29, 0.717) is 12.6 Å². The Hall–Kier alpha value is -1.40. The van der Waals surface area contributed by atoms with Gasteiger partial charge in [-0.25, -0.2) is 0 Å². The summed E-state index contributed by atoms with van der Waals surface area (Å²) in [5, 5.41) is 3.12. The van der Waals surface area contributed by atoms with Crippen molar-refractivity contribution in [2.45, 2.75) is 37.8 Å². The predicted octanol–water partition coefficient (Wildman–Crippen LogP) is 4.58. The van der Waals surface area contributed by atoms with E-state index in [1.165, 1.54) is 40.4 Å². The highest BCUT2D eigenvalue weighted by molar-refractivity contribution is 14.1. The minimum atomic E-state index is 0.0998. The van der Waals surface area contributed by atoms with Crippen LogP contribution in [0.2, 0.25) is 0 Å². The monoisotopic (exact) mass is 432 g/mol. The summed E-state index contributed by atoms with van der Waals surface area (Å²) < 4.78 is 1.20. The van der Waals surface area contributed by atoms with Crippen LogP contribution in [0.5, 0.6) is 0 Å². The van der Waals surface area contributed by atoms with Gasteiger partial charge >= 0.3 is 0 Å².